The molecule has 10 heterocycles. The molecule has 55 heteroatoms. The van der Waals surface area contributed by atoms with Crippen molar-refractivity contribution in [3.05, 3.63) is 0 Å². The molecule has 29 N–H and O–H groups in total. The summed E-state index contributed by atoms with van der Waals surface area (Å²) in [5.74, 6) is -3.70. The summed E-state index contributed by atoms with van der Waals surface area (Å²) >= 11 is 0. The second-order valence-corrected chi connectivity index (χ2v) is 31.7. The third-order valence-electron chi connectivity index (χ3n) is 23.2. The van der Waals surface area contributed by atoms with Crippen molar-refractivity contribution in [2.24, 2.45) is 0 Å². The van der Waals surface area contributed by atoms with Gasteiger partial charge in [-0.1, -0.05) is 0 Å². The van der Waals surface area contributed by atoms with E-state index >= 15 is 0 Å². The zero-order chi connectivity index (χ0) is 92.6. The van der Waals surface area contributed by atoms with Crippen LogP contribution in [0.2, 0.25) is 0 Å². The van der Waals surface area contributed by atoms with Crippen LogP contribution in [-0.2, 0) is 123 Å². The molecule has 50 atom stereocenters. The van der Waals surface area contributed by atoms with Crippen LogP contribution in [-0.4, -0.2) is 546 Å². The van der Waals surface area contributed by atoms with Crippen molar-refractivity contribution < 1.29 is 251 Å². The molecule has 10 fully saturated rings. The molecular formula is C71H120N4O51. The Balaban J connectivity index is 0.956. The lowest BCUT2D eigenvalue weighted by Gasteiger charge is -2.51. The lowest BCUT2D eigenvalue weighted by atomic mass is 9.93. The summed E-state index contributed by atoms with van der Waals surface area (Å²) in [5, 5.41) is 291. The predicted octanol–water partition coefficient (Wildman–Crippen LogP) is -20.3. The van der Waals surface area contributed by atoms with E-state index in [2.05, 4.69) is 21.3 Å². The number of carbonyl (C=O) groups excluding carboxylic acids is 4. The highest BCUT2D eigenvalue weighted by Gasteiger charge is 2.62. The van der Waals surface area contributed by atoms with E-state index in [1.54, 1.807) is 0 Å². The van der Waals surface area contributed by atoms with Crippen LogP contribution in [0.15, 0.2) is 0 Å². The Morgan fingerprint density at radius 1 is 0.222 bits per heavy atom. The minimum atomic E-state index is -2.53. The highest BCUT2D eigenvalue weighted by atomic mass is 16.8. The third kappa shape index (κ3) is 23.1. The molecule has 10 aliphatic heterocycles. The summed E-state index contributed by atoms with van der Waals surface area (Å²) in [4.78, 5) is 52.1. The average molecular weight is 1850 g/mol. The fourth-order valence-electron chi connectivity index (χ4n) is 16.5. The number of nitrogens with one attached hydrogen (secondary N) is 4. The fraction of sp³-hybridized carbons (Fsp3) is 0.944. The third-order valence-corrected chi connectivity index (χ3v) is 23.2. The van der Waals surface area contributed by atoms with Crippen molar-refractivity contribution in [2.75, 3.05) is 87.4 Å². The van der Waals surface area contributed by atoms with Gasteiger partial charge in [-0.05, 0) is 0 Å². The van der Waals surface area contributed by atoms with Gasteiger partial charge in [-0.3, -0.25) is 19.2 Å². The Kier molecular flexibility index (Phi) is 38.2. The number of hydrogen-bond acceptors (Lipinski definition) is 51. The van der Waals surface area contributed by atoms with Crippen LogP contribution in [0.3, 0.4) is 0 Å². The molecule has 0 bridgehead atoms. The largest absolute Gasteiger partial charge is 0.394 e. The van der Waals surface area contributed by atoms with Gasteiger partial charge in [0.05, 0.1) is 66.1 Å². The standard InChI is InChI=1S/C71H120N4O51/c1-18(83)72-32-43(94)53(26(12-80)111-62(32)104)121-63-33(73-19(2)84)45(96)55(28(14-82)116-63)123-70-52(103)60(42(93)31(120-70)17-108-66-48(99)46(97)36(87)22(8-76)112-66)125-71-61(47(98)37(88)23(9-77)115-71)126-64-34(74-20(3)85)44(95)54(27(13-81)117-64)122-65-35(75-21(4)86)56(40(91)29(118-65)15-109-67-49(100)57(105-5)38(89)24(10-78)113-67)124-69-51(102)59(107-7)41(92)30(119-69)16-110-68-50(101)58(106-6)39(90)25(11-79)114-68/h22-71,76-82,87-104H,8-17H2,1-7H3,(H,72,83)(H,73,84)(H,74,85)(H,75,86)/t22-,23-,24-,25-,26-,27-,28-,29-,30-,31-,32-,33-,34-,35-,36-,37-,38+,39+,40-,41+,42-,43-,44-,45-,46+,47+,48+,49-,50-,51-,52+,53-,54-,55-,56-,57+,58+,59+,60+,61+,62?,63+,64+,65+,66+,67-,68-,69+,70+,71-/m1/s1. The monoisotopic (exact) mass is 1840 g/mol. The summed E-state index contributed by atoms with van der Waals surface area (Å²) in [5.41, 5.74) is 0. The highest BCUT2D eigenvalue weighted by Crippen LogP contribution is 2.41. The van der Waals surface area contributed by atoms with Crippen LogP contribution in [0.25, 0.3) is 0 Å². The number of aliphatic hydroxyl groups is 25. The molecule has 0 radical (unpaired) electrons. The quantitative estimate of drug-likeness (QED) is 0.0280. The number of aliphatic hydroxyl groups excluding tert-OH is 25. The molecule has 0 saturated carbocycles. The fourth-order valence-corrected chi connectivity index (χ4v) is 16.5. The maximum Gasteiger partial charge on any atom is 0.217 e. The summed E-state index contributed by atoms with van der Waals surface area (Å²) in [7, 11) is 3.29. The van der Waals surface area contributed by atoms with Gasteiger partial charge < -0.3 is 253 Å². The van der Waals surface area contributed by atoms with E-state index in [9.17, 15) is 147 Å². The van der Waals surface area contributed by atoms with Crippen molar-refractivity contribution in [2.45, 2.75) is 335 Å². The molecule has 55 nitrogen and oxygen atoms in total. The average Bonchev–Trinajstić information content (AvgIpc) is 0.754. The molecular weight excluding hydrogens is 1720 g/mol. The summed E-state index contributed by atoms with van der Waals surface area (Å²) in [6, 6.07) is -7.60. The Bertz CT molecular complexity index is 3370. The molecule has 730 valence electrons. The van der Waals surface area contributed by atoms with Gasteiger partial charge in [0.1, 0.15) is 244 Å². The summed E-state index contributed by atoms with van der Waals surface area (Å²) in [6.45, 7) is -6.24. The van der Waals surface area contributed by atoms with Crippen LogP contribution in [0, 0.1) is 0 Å². The topological polar surface area (TPSA) is 825 Å². The van der Waals surface area contributed by atoms with E-state index in [1.165, 1.54) is 0 Å². The van der Waals surface area contributed by atoms with Gasteiger partial charge in [-0.25, -0.2) is 0 Å². The second-order valence-electron chi connectivity index (χ2n) is 31.7. The number of carbonyl (C=O) groups is 4. The number of methoxy groups -OCH3 is 3. The Morgan fingerprint density at radius 3 is 0.873 bits per heavy atom. The highest BCUT2D eigenvalue weighted by molar-refractivity contribution is 5.74. The van der Waals surface area contributed by atoms with Crippen LogP contribution >= 0.6 is 0 Å². The van der Waals surface area contributed by atoms with Gasteiger partial charge in [0.25, 0.3) is 0 Å². The number of amides is 4. The Hall–Kier alpha value is -4.00. The molecule has 0 aliphatic carbocycles. The second kappa shape index (κ2) is 46.3. The van der Waals surface area contributed by atoms with E-state index in [-0.39, 0.29) is 0 Å². The molecule has 0 spiro atoms. The molecule has 0 aromatic rings. The van der Waals surface area contributed by atoms with Gasteiger partial charge in [0, 0.05) is 49.0 Å². The van der Waals surface area contributed by atoms with Gasteiger partial charge in [-0.2, -0.15) is 0 Å². The number of ether oxygens (including phenoxy) is 22. The Morgan fingerprint density at radius 2 is 0.476 bits per heavy atom. The van der Waals surface area contributed by atoms with Gasteiger partial charge in [-0.15, -0.1) is 0 Å². The van der Waals surface area contributed by atoms with Crippen LogP contribution in [0.4, 0.5) is 0 Å². The molecule has 1 unspecified atom stereocenters. The summed E-state index contributed by atoms with van der Waals surface area (Å²) in [6.07, 6.45) is -91.3. The molecule has 10 aliphatic rings. The van der Waals surface area contributed by atoms with Crippen molar-refractivity contribution in [1.29, 1.82) is 0 Å². The van der Waals surface area contributed by atoms with E-state index in [1.807, 2.05) is 0 Å². The van der Waals surface area contributed by atoms with Crippen molar-refractivity contribution in [1.82, 2.24) is 21.3 Å². The molecule has 126 heavy (non-hydrogen) atoms. The van der Waals surface area contributed by atoms with Crippen LogP contribution < -0.4 is 21.3 Å². The van der Waals surface area contributed by atoms with Gasteiger partial charge in [0.2, 0.25) is 23.6 Å². The van der Waals surface area contributed by atoms with E-state index in [4.69, 9.17) is 104 Å². The number of rotatable bonds is 35. The predicted molar refractivity (Wildman–Crippen MR) is 390 cm³/mol. The summed E-state index contributed by atoms with van der Waals surface area (Å²) < 4.78 is 130. The van der Waals surface area contributed by atoms with E-state index < -0.39 is 397 Å². The maximum absolute atomic E-state index is 13.5. The Labute approximate surface area is 715 Å². The minimum Gasteiger partial charge on any atom is -0.394 e. The normalized spacial score (nSPS) is 48.5. The van der Waals surface area contributed by atoms with E-state index in [0.29, 0.717) is 0 Å². The first-order valence-electron chi connectivity index (χ1n) is 40.3. The molecule has 10 rings (SSSR count). The first-order chi connectivity index (χ1) is 59.8. The van der Waals surface area contributed by atoms with Crippen LogP contribution in [0.5, 0.6) is 0 Å². The van der Waals surface area contributed by atoms with Crippen LogP contribution in [0.1, 0.15) is 27.7 Å². The SMILES string of the molecule is CO[C@H]1[C@@H](O)[C@@H](CO)O[C@@H](OC[C@H]2O[C@@H](O[C@H]3[C@H](O)[C@@H](CO[C@@H]4O[C@H](CO)[C@H](O)[C@H](OC)[C@H]4O)O[C@@H](O[C@H]4[C@H](O)[C@@H](NC(C)=O)[C@H](O[C@@H]5[C@@H](O[C@@H]6[C@H](O)[C@H](O[C@H]7[C@H](O)[C@@H](NC(C)=O)[C@H](O[C@H]8[C@H](O)[C@@H](NC(C)=O)C(O)O[C@@H]8CO)O[C@@H]7CO)O[C@H](CO[C@H]7O[C@H](CO)[C@@H](O)[C@H](O)[C@@H]7O)[C@H]6O)O[C@H](CO)[C@@H](O)[C@@H]5O)O[C@@H]4CO)[C@@H]3NC(C)=O)[C@H](O)[C@@H](OC)[C@H]2O)[C@@H]1O. The van der Waals surface area contributed by atoms with Gasteiger partial charge >= 0.3 is 0 Å². The first kappa shape index (κ1) is 104. The zero-order valence-electron chi connectivity index (χ0n) is 68.7. The van der Waals surface area contributed by atoms with Crippen molar-refractivity contribution >= 4 is 23.6 Å². The molecule has 10 saturated heterocycles. The van der Waals surface area contributed by atoms with E-state index in [0.717, 1.165) is 49.0 Å². The minimum absolute atomic E-state index is 0.777. The number of hydrogen-bond donors (Lipinski definition) is 29. The zero-order valence-corrected chi connectivity index (χ0v) is 68.7. The van der Waals surface area contributed by atoms with Crippen molar-refractivity contribution in [3.8, 4) is 0 Å². The molecule has 0 aromatic carbocycles. The smallest absolute Gasteiger partial charge is 0.217 e. The first-order valence-corrected chi connectivity index (χ1v) is 40.3. The molecule has 0 aromatic heterocycles. The van der Waals surface area contributed by atoms with Crippen molar-refractivity contribution in [3.63, 3.8) is 0 Å². The lowest BCUT2D eigenvalue weighted by Crippen LogP contribution is -2.71. The lowest BCUT2D eigenvalue weighted by molar-refractivity contribution is -0.397. The maximum atomic E-state index is 13.5. The molecule has 4 amide bonds. The van der Waals surface area contributed by atoms with Gasteiger partial charge in [0.15, 0.2) is 62.9 Å².